The average Bonchev–Trinajstić information content (AvgIpc) is 1.82. The summed E-state index contributed by atoms with van der Waals surface area (Å²) in [5.74, 6) is 0. The van der Waals surface area contributed by atoms with Crippen LogP contribution >= 0.6 is 0 Å². The first-order valence-electron chi connectivity index (χ1n) is 2.82. The first kappa shape index (κ1) is 7.96. The van der Waals surface area contributed by atoms with Gasteiger partial charge in [0.1, 0.15) is 0 Å². The van der Waals surface area contributed by atoms with E-state index in [1.165, 1.54) is 0 Å². The predicted molar refractivity (Wildman–Crippen MR) is 43.3 cm³/mol. The molecule has 0 amide bonds. The van der Waals surface area contributed by atoms with Crippen LogP contribution in [0.25, 0.3) is 0 Å². The summed E-state index contributed by atoms with van der Waals surface area (Å²) in [6, 6.07) is 0. The molecule has 0 unspecified atom stereocenters. The summed E-state index contributed by atoms with van der Waals surface area (Å²) in [6.45, 7) is 12.9. The van der Waals surface area contributed by atoms with E-state index in [-0.39, 0.29) is 0 Å². The van der Waals surface area contributed by atoms with Crippen molar-refractivity contribution in [3.8, 4) is 0 Å². The number of rotatable bonds is 3. The van der Waals surface area contributed by atoms with E-state index in [9.17, 15) is 0 Å². The van der Waals surface area contributed by atoms with Crippen LogP contribution in [0.1, 0.15) is 6.92 Å². The average molecular weight is 120 g/mol. The van der Waals surface area contributed by atoms with Crippen LogP contribution in [0.15, 0.2) is 49.1 Å². The molecule has 0 aromatic rings. The van der Waals surface area contributed by atoms with Crippen molar-refractivity contribution in [1.82, 2.24) is 0 Å². The van der Waals surface area contributed by atoms with Crippen LogP contribution in [0.3, 0.4) is 0 Å². The van der Waals surface area contributed by atoms with E-state index in [2.05, 4.69) is 19.7 Å². The maximum Gasteiger partial charge on any atom is -0.0305 e. The van der Waals surface area contributed by atoms with Gasteiger partial charge in [0.25, 0.3) is 0 Å². The van der Waals surface area contributed by atoms with Gasteiger partial charge in [0.15, 0.2) is 0 Å². The molecule has 0 fully saturated rings. The number of hydrogen-bond acceptors (Lipinski definition) is 0. The fourth-order valence-electron chi connectivity index (χ4n) is 0.326. The Bertz CT molecular complexity index is 159. The molecular weight excluding hydrogens is 108 g/mol. The van der Waals surface area contributed by atoms with Gasteiger partial charge in [0.2, 0.25) is 0 Å². The van der Waals surface area contributed by atoms with Gasteiger partial charge >= 0.3 is 0 Å². The Morgan fingerprint density at radius 2 is 1.89 bits per heavy atom. The summed E-state index contributed by atoms with van der Waals surface area (Å²) in [6.07, 6.45) is 5.44. The van der Waals surface area contributed by atoms with Crippen molar-refractivity contribution >= 4 is 0 Å². The minimum Gasteiger partial charge on any atom is -0.0991 e. The Labute approximate surface area is 56.9 Å². The molecule has 0 aromatic carbocycles. The van der Waals surface area contributed by atoms with Gasteiger partial charge in [-0.3, -0.25) is 0 Å². The van der Waals surface area contributed by atoms with Crippen LogP contribution in [0.4, 0.5) is 0 Å². The van der Waals surface area contributed by atoms with Gasteiger partial charge in [-0.2, -0.15) is 0 Å². The van der Waals surface area contributed by atoms with Crippen molar-refractivity contribution in [3.63, 3.8) is 0 Å². The summed E-state index contributed by atoms with van der Waals surface area (Å²) in [5, 5.41) is 0. The molecule has 0 aliphatic carbocycles. The van der Waals surface area contributed by atoms with Gasteiger partial charge in [-0.05, 0) is 12.5 Å². The minimum absolute atomic E-state index is 0.954. The van der Waals surface area contributed by atoms with Gasteiger partial charge in [0, 0.05) is 0 Å². The molecule has 0 heterocycles. The summed E-state index contributed by atoms with van der Waals surface area (Å²) >= 11 is 0. The quantitative estimate of drug-likeness (QED) is 0.502. The molecule has 0 saturated heterocycles. The van der Waals surface area contributed by atoms with Crippen LogP contribution in [-0.2, 0) is 0 Å². The third kappa shape index (κ3) is 3.53. The summed E-state index contributed by atoms with van der Waals surface area (Å²) in [7, 11) is 0. The van der Waals surface area contributed by atoms with E-state index < -0.39 is 0 Å². The summed E-state index contributed by atoms with van der Waals surface area (Å²) < 4.78 is 0. The van der Waals surface area contributed by atoms with E-state index >= 15 is 0 Å². The molecule has 48 valence electrons. The molecule has 0 bridgehead atoms. The predicted octanol–water partition coefficient (Wildman–Crippen LogP) is 2.86. The molecule has 0 N–H and O–H groups in total. The third-order valence-corrected chi connectivity index (χ3v) is 0.982. The molecule has 0 saturated carbocycles. The van der Waals surface area contributed by atoms with Gasteiger partial charge < -0.3 is 0 Å². The maximum absolute atomic E-state index is 3.76. The Morgan fingerprint density at radius 3 is 2.22 bits per heavy atom. The van der Waals surface area contributed by atoms with Crippen LogP contribution in [0, 0.1) is 0 Å². The lowest BCUT2D eigenvalue weighted by Gasteiger charge is -1.92. The van der Waals surface area contributed by atoms with Crippen molar-refractivity contribution in [2.75, 3.05) is 0 Å². The number of hydrogen-bond donors (Lipinski definition) is 0. The molecule has 0 rings (SSSR count). The highest BCUT2D eigenvalue weighted by atomic mass is 13.9. The normalized spacial score (nSPS) is 9.44. The Hall–Kier alpha value is -1.04. The van der Waals surface area contributed by atoms with Crippen molar-refractivity contribution in [2.45, 2.75) is 6.92 Å². The summed E-state index contributed by atoms with van der Waals surface area (Å²) in [4.78, 5) is 0. The molecule has 9 heavy (non-hydrogen) atoms. The summed E-state index contributed by atoms with van der Waals surface area (Å²) in [5.41, 5.74) is 1.95. The van der Waals surface area contributed by atoms with Gasteiger partial charge in [0.05, 0.1) is 0 Å². The number of allylic oxidation sites excluding steroid dienone is 5. The van der Waals surface area contributed by atoms with Crippen molar-refractivity contribution < 1.29 is 0 Å². The molecule has 0 radical (unpaired) electrons. The van der Waals surface area contributed by atoms with E-state index in [0.29, 0.717) is 0 Å². The van der Waals surface area contributed by atoms with Crippen LogP contribution in [-0.4, -0.2) is 0 Å². The smallest absolute Gasteiger partial charge is 0.0305 e. The first-order chi connectivity index (χ1) is 4.18. The highest BCUT2D eigenvalue weighted by Gasteiger charge is 1.83. The largest absolute Gasteiger partial charge is 0.0991 e. The third-order valence-electron chi connectivity index (χ3n) is 0.982. The zero-order chi connectivity index (χ0) is 7.28. The Kier molecular flexibility index (Phi) is 3.45. The van der Waals surface area contributed by atoms with Crippen LogP contribution < -0.4 is 0 Å². The van der Waals surface area contributed by atoms with Crippen LogP contribution in [0.2, 0.25) is 0 Å². The molecule has 0 spiro atoms. The second-order valence-corrected chi connectivity index (χ2v) is 1.90. The zero-order valence-electron chi connectivity index (χ0n) is 5.85. The SMILES string of the molecule is C=CC=CC(=C)C(=C)C. The van der Waals surface area contributed by atoms with Gasteiger partial charge in [-0.15, -0.1) is 0 Å². The standard InChI is InChI=1S/C9H12/c1-5-6-7-9(4)8(2)3/h5-7H,1-2,4H2,3H3. The van der Waals surface area contributed by atoms with Crippen molar-refractivity contribution in [3.05, 3.63) is 49.1 Å². The van der Waals surface area contributed by atoms with E-state index in [1.807, 2.05) is 19.1 Å². The van der Waals surface area contributed by atoms with Gasteiger partial charge in [-0.25, -0.2) is 0 Å². The molecular formula is C9H12. The molecule has 0 atom stereocenters. The van der Waals surface area contributed by atoms with E-state index in [1.54, 1.807) is 6.08 Å². The van der Waals surface area contributed by atoms with Gasteiger partial charge in [-0.1, -0.05) is 43.5 Å². The fraction of sp³-hybridized carbons (Fsp3) is 0.111. The van der Waals surface area contributed by atoms with Crippen molar-refractivity contribution in [1.29, 1.82) is 0 Å². The zero-order valence-corrected chi connectivity index (χ0v) is 5.85. The Morgan fingerprint density at radius 1 is 1.33 bits per heavy atom. The van der Waals surface area contributed by atoms with Crippen molar-refractivity contribution in [2.24, 2.45) is 0 Å². The first-order valence-corrected chi connectivity index (χ1v) is 2.82. The fourth-order valence-corrected chi connectivity index (χ4v) is 0.326. The maximum atomic E-state index is 3.76. The Balaban J connectivity index is 3.92. The lowest BCUT2D eigenvalue weighted by atomic mass is 10.1. The van der Waals surface area contributed by atoms with E-state index in [0.717, 1.165) is 11.1 Å². The lowest BCUT2D eigenvalue weighted by Crippen LogP contribution is -1.72. The highest BCUT2D eigenvalue weighted by molar-refractivity contribution is 5.34. The molecule has 0 aliphatic heterocycles. The molecule has 0 aromatic heterocycles. The highest BCUT2D eigenvalue weighted by Crippen LogP contribution is 2.03. The second-order valence-electron chi connectivity index (χ2n) is 1.90. The lowest BCUT2D eigenvalue weighted by molar-refractivity contribution is 1.47. The molecule has 0 aliphatic rings. The molecule has 0 heteroatoms. The topological polar surface area (TPSA) is 0 Å². The molecule has 0 nitrogen and oxygen atoms in total. The minimum atomic E-state index is 0.954. The van der Waals surface area contributed by atoms with E-state index in [4.69, 9.17) is 0 Å². The monoisotopic (exact) mass is 120 g/mol. The second kappa shape index (κ2) is 3.90. The van der Waals surface area contributed by atoms with Crippen LogP contribution in [0.5, 0.6) is 0 Å².